The molecule has 2 amide bonds. The second-order valence-electron chi connectivity index (χ2n) is 8.64. The Morgan fingerprint density at radius 2 is 1.18 bits per heavy atom. The summed E-state index contributed by atoms with van der Waals surface area (Å²) >= 11 is 13.7. The molecular weight excluding hydrogens is 612 g/mol. The fourth-order valence-corrected chi connectivity index (χ4v) is 6.61. The van der Waals surface area contributed by atoms with E-state index in [2.05, 4.69) is 12.2 Å². The van der Waals surface area contributed by atoms with Crippen LogP contribution < -0.4 is 5.32 Å². The first kappa shape index (κ1) is 31.6. The van der Waals surface area contributed by atoms with Gasteiger partial charge in [-0.05, 0) is 12.5 Å². The number of hydrogen-bond acceptors (Lipinski definition) is 4. The van der Waals surface area contributed by atoms with E-state index in [4.69, 9.17) is 34.8 Å². The molecule has 0 fully saturated rings. The lowest BCUT2D eigenvalue weighted by Crippen LogP contribution is -2.31. The van der Waals surface area contributed by atoms with Crippen molar-refractivity contribution in [2.75, 3.05) is 0 Å². The topological polar surface area (TPSA) is 80.3 Å². The van der Waals surface area contributed by atoms with Gasteiger partial charge < -0.3 is 0 Å². The average molecular weight is 649 g/mol. The van der Waals surface area contributed by atoms with Crippen LogP contribution >= 0.6 is 54.6 Å². The number of benzene rings is 1. The summed E-state index contributed by atoms with van der Waals surface area (Å²) in [7, 11) is 0. The van der Waals surface area contributed by atoms with Crippen LogP contribution in [0.1, 0.15) is 120 Å². The van der Waals surface area contributed by atoms with Crippen molar-refractivity contribution < 1.29 is 15.7 Å². The Morgan fingerprint density at radius 3 is 1.62 bits per heavy atom. The number of carbonyl (C=O) groups excluding carboxylic acids is 2. The highest BCUT2D eigenvalue weighted by atomic mass is 127. The van der Waals surface area contributed by atoms with Crippen molar-refractivity contribution in [2.45, 2.75) is 110 Å². The van der Waals surface area contributed by atoms with E-state index >= 15 is 0 Å². The van der Waals surface area contributed by atoms with Gasteiger partial charge in [-0.15, -0.1) is 0 Å². The Balaban J connectivity index is 2.18. The summed E-state index contributed by atoms with van der Waals surface area (Å²) in [6.07, 6.45) is 18.6. The second-order valence-corrected chi connectivity index (χ2v) is 12.1. The molecule has 1 aromatic rings. The quantitative estimate of drug-likeness (QED) is 0.0977. The predicted octanol–water partition coefficient (Wildman–Crippen LogP) is 9.53. The summed E-state index contributed by atoms with van der Waals surface area (Å²) in [6, 6.07) is 1.18. The maximum Gasteiger partial charge on any atom is 0.343 e. The van der Waals surface area contributed by atoms with Gasteiger partial charge in [-0.3, -0.25) is 14.9 Å². The molecule has 1 rings (SSSR count). The normalized spacial score (nSPS) is 11.2. The second kappa shape index (κ2) is 18.8. The average Bonchev–Trinajstić information content (AvgIpc) is 2.78. The van der Waals surface area contributed by atoms with Crippen LogP contribution in [0.4, 0.5) is 0 Å². The zero-order valence-electron chi connectivity index (χ0n) is 20.0. The highest BCUT2D eigenvalue weighted by Gasteiger charge is 2.25. The molecule has 1 N–H and O–H groups in total. The van der Waals surface area contributed by atoms with Crippen molar-refractivity contribution in [2.24, 2.45) is 0 Å². The molecule has 5 nitrogen and oxygen atoms in total. The minimum Gasteiger partial charge on any atom is -0.292 e. The first-order valence-electron chi connectivity index (χ1n) is 12.4. The van der Waals surface area contributed by atoms with Gasteiger partial charge in [-0.2, -0.15) is 0 Å². The van der Waals surface area contributed by atoms with Gasteiger partial charge >= 0.3 is 19.8 Å². The van der Waals surface area contributed by atoms with Crippen molar-refractivity contribution >= 4 is 66.4 Å². The number of halogens is 4. The smallest absolute Gasteiger partial charge is 0.292 e. The molecule has 0 bridgehead atoms. The van der Waals surface area contributed by atoms with Gasteiger partial charge in [0.05, 0.1) is 20.6 Å². The Kier molecular flexibility index (Phi) is 17.4. The molecule has 34 heavy (non-hydrogen) atoms. The summed E-state index contributed by atoms with van der Waals surface area (Å²) in [5, 5.41) is 1.75. The molecular formula is C25H37Cl3INO4. The SMILES string of the molecule is CCCCCCCCCCCCCCCCCC(=O)NC(=O)c1c(Cl)c(Cl)cc(Cl)c1I(=O)=O. The van der Waals surface area contributed by atoms with Crippen molar-refractivity contribution in [3.8, 4) is 0 Å². The van der Waals surface area contributed by atoms with Crippen LogP contribution in [0.25, 0.3) is 0 Å². The lowest BCUT2D eigenvalue weighted by atomic mass is 10.0. The van der Waals surface area contributed by atoms with E-state index in [0.717, 1.165) is 19.3 Å². The lowest BCUT2D eigenvalue weighted by molar-refractivity contribution is -0.120. The Hall–Kier alpha value is -0.440. The number of rotatable bonds is 18. The highest BCUT2D eigenvalue weighted by molar-refractivity contribution is 14.2. The van der Waals surface area contributed by atoms with Crippen molar-refractivity contribution in [1.29, 1.82) is 0 Å². The largest absolute Gasteiger partial charge is 0.343 e. The number of unbranched alkanes of at least 4 members (excludes halogenated alkanes) is 14. The van der Waals surface area contributed by atoms with Gasteiger partial charge in [0.2, 0.25) is 5.91 Å². The summed E-state index contributed by atoms with van der Waals surface area (Å²) in [5.41, 5.74) is -0.362. The van der Waals surface area contributed by atoms with E-state index in [1.54, 1.807) is 0 Å². The van der Waals surface area contributed by atoms with Crippen LogP contribution in [-0.4, -0.2) is 11.8 Å². The Morgan fingerprint density at radius 1 is 0.735 bits per heavy atom. The molecule has 9 heteroatoms. The number of amides is 2. The summed E-state index contributed by atoms with van der Waals surface area (Å²) < 4.78 is 22.9. The Bertz CT molecular complexity index is 851. The number of hydrogen-bond donors (Lipinski definition) is 1. The third-order valence-electron chi connectivity index (χ3n) is 5.75. The summed E-state index contributed by atoms with van der Waals surface area (Å²) in [5.74, 6) is -1.38. The highest BCUT2D eigenvalue weighted by Crippen LogP contribution is 2.38. The van der Waals surface area contributed by atoms with Crippen LogP contribution in [0.5, 0.6) is 0 Å². The molecule has 0 heterocycles. The number of carbonyl (C=O) groups is 2. The van der Waals surface area contributed by atoms with Crippen LogP contribution in [0, 0.1) is 3.57 Å². The van der Waals surface area contributed by atoms with Crippen molar-refractivity contribution in [3.05, 3.63) is 30.3 Å². The zero-order chi connectivity index (χ0) is 25.3. The van der Waals surface area contributed by atoms with Gasteiger partial charge in [0.1, 0.15) is 3.57 Å². The minimum atomic E-state index is -4.14. The van der Waals surface area contributed by atoms with Crippen LogP contribution in [0.3, 0.4) is 0 Å². The molecule has 0 aliphatic rings. The zero-order valence-corrected chi connectivity index (χ0v) is 24.5. The molecule has 194 valence electrons. The fraction of sp³-hybridized carbons (Fsp3) is 0.680. The van der Waals surface area contributed by atoms with E-state index in [-0.39, 0.29) is 30.6 Å². The lowest BCUT2D eigenvalue weighted by Gasteiger charge is -2.10. The van der Waals surface area contributed by atoms with E-state index in [9.17, 15) is 15.7 Å². The number of imide groups is 1. The van der Waals surface area contributed by atoms with Crippen LogP contribution in [-0.2, 0) is 10.9 Å². The molecule has 0 radical (unpaired) electrons. The standard InChI is InChI=1S/C25H37Cl3INO4/c1-2-3-4-5-6-7-8-9-10-11-12-13-14-15-16-17-21(31)30-25(32)22-23(28)19(26)18-20(27)24(22)29(33)34/h18H,2-17H2,1H3,(H,30,31,32). The molecule has 0 aliphatic heterocycles. The third-order valence-corrected chi connectivity index (χ3v) is 9.16. The fourth-order valence-electron chi connectivity index (χ4n) is 3.83. The number of nitrogens with one attached hydrogen (secondary N) is 1. The molecule has 0 aromatic heterocycles. The van der Waals surface area contributed by atoms with Gasteiger partial charge in [0, 0.05) is 6.42 Å². The Labute approximate surface area is 226 Å². The van der Waals surface area contributed by atoms with Gasteiger partial charge in [0.25, 0.3) is 5.91 Å². The molecule has 0 saturated heterocycles. The van der Waals surface area contributed by atoms with Crippen LogP contribution in [0.15, 0.2) is 6.07 Å². The third kappa shape index (κ3) is 12.5. The monoisotopic (exact) mass is 647 g/mol. The van der Waals surface area contributed by atoms with E-state index in [0.29, 0.717) is 6.42 Å². The predicted molar refractivity (Wildman–Crippen MR) is 148 cm³/mol. The molecule has 0 atom stereocenters. The molecule has 0 aliphatic carbocycles. The van der Waals surface area contributed by atoms with Gasteiger partial charge in [-0.25, -0.2) is 6.14 Å². The molecule has 0 spiro atoms. The first-order valence-corrected chi connectivity index (χ1v) is 16.3. The summed E-state index contributed by atoms with van der Waals surface area (Å²) in [6.45, 7) is 2.25. The van der Waals surface area contributed by atoms with E-state index in [1.165, 1.54) is 76.7 Å². The molecule has 1 aromatic carbocycles. The van der Waals surface area contributed by atoms with Gasteiger partial charge in [-0.1, -0.05) is 132 Å². The molecule has 0 unspecified atom stereocenters. The first-order chi connectivity index (χ1) is 16.3. The maximum absolute atomic E-state index is 12.5. The molecule has 0 saturated carbocycles. The minimum absolute atomic E-state index is 0.0480. The van der Waals surface area contributed by atoms with E-state index in [1.807, 2.05) is 0 Å². The van der Waals surface area contributed by atoms with Crippen molar-refractivity contribution in [1.82, 2.24) is 5.32 Å². The maximum atomic E-state index is 12.5. The van der Waals surface area contributed by atoms with Gasteiger partial charge in [0.15, 0.2) is 0 Å². The van der Waals surface area contributed by atoms with Crippen molar-refractivity contribution in [3.63, 3.8) is 0 Å². The summed E-state index contributed by atoms with van der Waals surface area (Å²) in [4.78, 5) is 24.6. The van der Waals surface area contributed by atoms with Crippen LogP contribution in [0.2, 0.25) is 15.1 Å². The van der Waals surface area contributed by atoms with E-state index < -0.39 is 31.6 Å².